The predicted octanol–water partition coefficient (Wildman–Crippen LogP) is 5.08. The van der Waals surface area contributed by atoms with E-state index in [0.29, 0.717) is 10.8 Å². The van der Waals surface area contributed by atoms with Gasteiger partial charge in [0, 0.05) is 35.8 Å². The standard InChI is InChI=1S/C21H21BrClN5O/c1-12(13-4-5-18(22)24-8-13)20(29)27-19-6-14(16(23)10-25-19)15-9-26-28-11-21(2,3)7-17(15)28/h4-6,8-10,12H,7,11H2,1-3H3,(H,25,27,29). The van der Waals surface area contributed by atoms with Gasteiger partial charge in [0.1, 0.15) is 10.4 Å². The SMILES string of the molecule is CC(C(=O)Nc1cc(-c2cnn3c2CC(C)(C)C3)c(Cl)cn1)c1ccc(Br)nc1. The van der Waals surface area contributed by atoms with E-state index in [1.807, 2.05) is 36.0 Å². The van der Waals surface area contributed by atoms with Crippen LogP contribution in [0.2, 0.25) is 5.02 Å². The number of amides is 1. The van der Waals surface area contributed by atoms with E-state index in [1.54, 1.807) is 12.4 Å². The molecule has 0 fully saturated rings. The molecule has 0 bridgehead atoms. The van der Waals surface area contributed by atoms with Crippen LogP contribution in [-0.4, -0.2) is 25.7 Å². The smallest absolute Gasteiger partial charge is 0.232 e. The zero-order valence-electron chi connectivity index (χ0n) is 16.4. The monoisotopic (exact) mass is 473 g/mol. The third-order valence-electron chi connectivity index (χ3n) is 5.21. The fourth-order valence-corrected chi connectivity index (χ4v) is 4.06. The van der Waals surface area contributed by atoms with Crippen LogP contribution < -0.4 is 5.32 Å². The first-order chi connectivity index (χ1) is 13.7. The summed E-state index contributed by atoms with van der Waals surface area (Å²) in [6, 6.07) is 5.51. The fourth-order valence-electron chi connectivity index (χ4n) is 3.62. The zero-order chi connectivity index (χ0) is 20.8. The van der Waals surface area contributed by atoms with Gasteiger partial charge in [0.05, 0.1) is 17.1 Å². The Hall–Kier alpha value is -2.25. The number of nitrogens with one attached hydrogen (secondary N) is 1. The molecule has 4 rings (SSSR count). The topological polar surface area (TPSA) is 72.7 Å². The van der Waals surface area contributed by atoms with Crippen LogP contribution in [0.1, 0.15) is 37.9 Å². The van der Waals surface area contributed by atoms with Crippen LogP contribution in [0.5, 0.6) is 0 Å². The largest absolute Gasteiger partial charge is 0.310 e. The zero-order valence-corrected chi connectivity index (χ0v) is 18.8. The van der Waals surface area contributed by atoms with E-state index in [2.05, 4.69) is 50.2 Å². The van der Waals surface area contributed by atoms with Crippen molar-refractivity contribution in [3.8, 4) is 11.1 Å². The summed E-state index contributed by atoms with van der Waals surface area (Å²) >= 11 is 9.75. The highest BCUT2D eigenvalue weighted by atomic mass is 79.9. The molecule has 150 valence electrons. The summed E-state index contributed by atoms with van der Waals surface area (Å²) in [4.78, 5) is 21.2. The average molecular weight is 475 g/mol. The van der Waals surface area contributed by atoms with Crippen LogP contribution in [0.15, 0.2) is 41.4 Å². The van der Waals surface area contributed by atoms with Gasteiger partial charge in [-0.25, -0.2) is 9.97 Å². The van der Waals surface area contributed by atoms with Gasteiger partial charge in [-0.05, 0) is 52.4 Å². The number of carbonyl (C=O) groups excluding carboxylic acids is 1. The second kappa shape index (κ2) is 7.54. The minimum Gasteiger partial charge on any atom is -0.310 e. The number of nitrogens with zero attached hydrogens (tertiary/aromatic N) is 4. The lowest BCUT2D eigenvalue weighted by molar-refractivity contribution is -0.117. The Morgan fingerprint density at radius 3 is 2.76 bits per heavy atom. The predicted molar refractivity (Wildman–Crippen MR) is 117 cm³/mol. The van der Waals surface area contributed by atoms with Crippen LogP contribution >= 0.6 is 27.5 Å². The minimum absolute atomic E-state index is 0.156. The van der Waals surface area contributed by atoms with Crippen molar-refractivity contribution in [1.29, 1.82) is 0 Å². The number of anilines is 1. The molecule has 3 aromatic rings. The van der Waals surface area contributed by atoms with Crippen LogP contribution in [0.25, 0.3) is 11.1 Å². The summed E-state index contributed by atoms with van der Waals surface area (Å²) in [6.07, 6.45) is 6.03. The molecule has 8 heteroatoms. The van der Waals surface area contributed by atoms with Crippen molar-refractivity contribution in [2.45, 2.75) is 39.7 Å². The Morgan fingerprint density at radius 1 is 1.24 bits per heavy atom. The Labute approximate surface area is 182 Å². The molecule has 6 nitrogen and oxygen atoms in total. The molecular weight excluding hydrogens is 454 g/mol. The Kier molecular flexibility index (Phi) is 5.21. The molecule has 1 atom stereocenters. The molecule has 0 saturated carbocycles. The van der Waals surface area contributed by atoms with Crippen molar-refractivity contribution < 1.29 is 4.79 Å². The molecule has 1 amide bonds. The molecule has 3 aromatic heterocycles. The van der Waals surface area contributed by atoms with E-state index < -0.39 is 0 Å². The Bertz CT molecular complexity index is 1080. The van der Waals surface area contributed by atoms with E-state index in [1.165, 1.54) is 0 Å². The summed E-state index contributed by atoms with van der Waals surface area (Å²) in [5, 5.41) is 7.94. The van der Waals surface area contributed by atoms with Gasteiger partial charge in [-0.1, -0.05) is 31.5 Å². The van der Waals surface area contributed by atoms with Crippen LogP contribution in [-0.2, 0) is 17.8 Å². The first kappa shape index (κ1) is 20.0. The molecule has 1 unspecified atom stereocenters. The summed E-state index contributed by atoms with van der Waals surface area (Å²) in [7, 11) is 0. The normalized spacial score (nSPS) is 15.8. The van der Waals surface area contributed by atoms with Crippen molar-refractivity contribution in [3.63, 3.8) is 0 Å². The van der Waals surface area contributed by atoms with Gasteiger partial charge in [-0.2, -0.15) is 5.10 Å². The first-order valence-electron chi connectivity index (χ1n) is 9.36. The lowest BCUT2D eigenvalue weighted by Crippen LogP contribution is -2.19. The molecule has 0 radical (unpaired) electrons. The minimum atomic E-state index is -0.363. The number of aromatic nitrogens is 4. The maximum absolute atomic E-state index is 12.7. The molecule has 4 heterocycles. The van der Waals surface area contributed by atoms with Gasteiger partial charge in [-0.15, -0.1) is 0 Å². The highest BCUT2D eigenvalue weighted by Gasteiger charge is 2.32. The van der Waals surface area contributed by atoms with Gasteiger partial charge in [-0.3, -0.25) is 9.48 Å². The van der Waals surface area contributed by atoms with E-state index in [9.17, 15) is 4.79 Å². The van der Waals surface area contributed by atoms with Gasteiger partial charge >= 0.3 is 0 Å². The molecule has 0 aliphatic carbocycles. The van der Waals surface area contributed by atoms with Crippen molar-refractivity contribution >= 4 is 39.3 Å². The van der Waals surface area contributed by atoms with Crippen molar-refractivity contribution in [2.75, 3.05) is 5.32 Å². The second-order valence-electron chi connectivity index (χ2n) is 8.18. The van der Waals surface area contributed by atoms with E-state index in [0.717, 1.165) is 40.0 Å². The average Bonchev–Trinajstić information content (AvgIpc) is 3.18. The van der Waals surface area contributed by atoms with Gasteiger partial charge in [0.15, 0.2) is 0 Å². The molecule has 29 heavy (non-hydrogen) atoms. The number of halogens is 2. The lowest BCUT2D eigenvalue weighted by Gasteiger charge is -2.15. The van der Waals surface area contributed by atoms with Crippen LogP contribution in [0, 0.1) is 5.41 Å². The molecular formula is C21H21BrClN5O. The molecule has 0 aromatic carbocycles. The number of rotatable bonds is 4. The Morgan fingerprint density at radius 2 is 2.03 bits per heavy atom. The van der Waals surface area contributed by atoms with E-state index in [-0.39, 0.29) is 17.2 Å². The van der Waals surface area contributed by atoms with E-state index >= 15 is 0 Å². The van der Waals surface area contributed by atoms with Crippen molar-refractivity contribution in [1.82, 2.24) is 19.7 Å². The second-order valence-corrected chi connectivity index (χ2v) is 9.40. The van der Waals surface area contributed by atoms with Gasteiger partial charge in [0.25, 0.3) is 0 Å². The number of carbonyl (C=O) groups is 1. The van der Waals surface area contributed by atoms with Gasteiger partial charge < -0.3 is 5.32 Å². The summed E-state index contributed by atoms with van der Waals surface area (Å²) in [6.45, 7) is 7.17. The Balaban J connectivity index is 1.58. The lowest BCUT2D eigenvalue weighted by atomic mass is 9.89. The third-order valence-corrected chi connectivity index (χ3v) is 5.98. The molecule has 1 aliphatic heterocycles. The molecule has 0 spiro atoms. The van der Waals surface area contributed by atoms with Gasteiger partial charge in [0.2, 0.25) is 5.91 Å². The number of hydrogen-bond acceptors (Lipinski definition) is 4. The van der Waals surface area contributed by atoms with Crippen LogP contribution in [0.3, 0.4) is 0 Å². The summed E-state index contributed by atoms with van der Waals surface area (Å²) < 4.78 is 2.77. The third kappa shape index (κ3) is 4.07. The number of pyridine rings is 2. The summed E-state index contributed by atoms with van der Waals surface area (Å²) in [5.41, 5.74) is 3.98. The van der Waals surface area contributed by atoms with E-state index in [4.69, 9.17) is 11.6 Å². The van der Waals surface area contributed by atoms with Crippen LogP contribution in [0.4, 0.5) is 5.82 Å². The highest BCUT2D eigenvalue weighted by molar-refractivity contribution is 9.10. The fraction of sp³-hybridized carbons (Fsp3) is 0.333. The summed E-state index contributed by atoms with van der Waals surface area (Å²) in [5.74, 6) is -0.0579. The number of fused-ring (bicyclic) bond motifs is 1. The first-order valence-corrected chi connectivity index (χ1v) is 10.5. The molecule has 1 aliphatic rings. The molecule has 0 saturated heterocycles. The van der Waals surface area contributed by atoms with Crippen molar-refractivity contribution in [2.24, 2.45) is 5.41 Å². The quantitative estimate of drug-likeness (QED) is 0.535. The maximum Gasteiger partial charge on any atom is 0.232 e. The molecule has 1 N–H and O–H groups in total. The highest BCUT2D eigenvalue weighted by Crippen LogP contribution is 2.39. The number of hydrogen-bond donors (Lipinski definition) is 1. The maximum atomic E-state index is 12.7. The van der Waals surface area contributed by atoms with Crippen molar-refractivity contribution in [3.05, 3.63) is 57.7 Å².